The molecule has 0 heterocycles. The van der Waals surface area contributed by atoms with Crippen LogP contribution in [-0.2, 0) is 15.3 Å². The van der Waals surface area contributed by atoms with Gasteiger partial charge in [0.15, 0.2) is 9.84 Å². The van der Waals surface area contributed by atoms with Gasteiger partial charge in [0.1, 0.15) is 0 Å². The largest absolute Gasteiger partial charge is 0.323 e. The van der Waals surface area contributed by atoms with Gasteiger partial charge in [-0.25, -0.2) is 8.42 Å². The maximum atomic E-state index is 11.5. The first kappa shape index (κ1) is 15.2. The van der Waals surface area contributed by atoms with Crippen molar-refractivity contribution in [1.29, 1.82) is 0 Å². The number of nitrogens with two attached hydrogens (primary N) is 1. The third-order valence-electron chi connectivity index (χ3n) is 3.34. The van der Waals surface area contributed by atoms with Gasteiger partial charge in [-0.05, 0) is 23.5 Å². The molecule has 0 aliphatic heterocycles. The monoisotopic (exact) mass is 269 g/mol. The summed E-state index contributed by atoms with van der Waals surface area (Å²) in [5.41, 5.74) is 8.17. The standard InChI is InChI=1S/C14H23NO2S/c1-10(18(5,16)17)13(15)11-6-8-12(9-7-11)14(2,3)4/h6-10,13H,15H2,1-5H3. The van der Waals surface area contributed by atoms with Crippen molar-refractivity contribution in [2.75, 3.05) is 6.26 Å². The summed E-state index contributed by atoms with van der Waals surface area (Å²) in [6.07, 6.45) is 1.22. The van der Waals surface area contributed by atoms with Gasteiger partial charge in [-0.15, -0.1) is 0 Å². The predicted molar refractivity (Wildman–Crippen MR) is 76.4 cm³/mol. The van der Waals surface area contributed by atoms with E-state index in [-0.39, 0.29) is 5.41 Å². The first-order valence-electron chi connectivity index (χ1n) is 6.08. The molecule has 0 saturated carbocycles. The molecule has 1 rings (SSSR count). The zero-order valence-electron chi connectivity index (χ0n) is 11.8. The van der Waals surface area contributed by atoms with Crippen molar-refractivity contribution in [3.05, 3.63) is 35.4 Å². The lowest BCUT2D eigenvalue weighted by atomic mass is 9.86. The van der Waals surface area contributed by atoms with Crippen molar-refractivity contribution < 1.29 is 8.42 Å². The fourth-order valence-electron chi connectivity index (χ4n) is 1.74. The molecule has 0 saturated heterocycles. The summed E-state index contributed by atoms with van der Waals surface area (Å²) < 4.78 is 23.0. The lowest BCUT2D eigenvalue weighted by molar-refractivity contribution is 0.569. The number of rotatable bonds is 3. The van der Waals surface area contributed by atoms with Gasteiger partial charge in [0.25, 0.3) is 0 Å². The fraction of sp³-hybridized carbons (Fsp3) is 0.571. The molecular formula is C14H23NO2S. The third kappa shape index (κ3) is 3.56. The second-order valence-electron chi connectivity index (χ2n) is 5.93. The summed E-state index contributed by atoms with van der Waals surface area (Å²) in [6, 6.07) is 7.41. The van der Waals surface area contributed by atoms with Crippen molar-refractivity contribution in [3.8, 4) is 0 Å². The molecule has 0 aliphatic carbocycles. The van der Waals surface area contributed by atoms with Crippen LogP contribution in [0.3, 0.4) is 0 Å². The van der Waals surface area contributed by atoms with Gasteiger partial charge in [-0.3, -0.25) is 0 Å². The van der Waals surface area contributed by atoms with Crippen LogP contribution in [0.15, 0.2) is 24.3 Å². The third-order valence-corrected chi connectivity index (χ3v) is 4.99. The van der Waals surface area contributed by atoms with Crippen LogP contribution in [0, 0.1) is 0 Å². The minimum Gasteiger partial charge on any atom is -0.323 e. The molecule has 2 atom stereocenters. The maximum absolute atomic E-state index is 11.5. The van der Waals surface area contributed by atoms with E-state index in [0.717, 1.165) is 5.56 Å². The van der Waals surface area contributed by atoms with Gasteiger partial charge in [-0.2, -0.15) is 0 Å². The van der Waals surface area contributed by atoms with Gasteiger partial charge in [0.05, 0.1) is 5.25 Å². The molecular weight excluding hydrogens is 246 g/mol. The van der Waals surface area contributed by atoms with Crippen molar-refractivity contribution >= 4 is 9.84 Å². The highest BCUT2D eigenvalue weighted by atomic mass is 32.2. The highest BCUT2D eigenvalue weighted by Crippen LogP contribution is 2.25. The average molecular weight is 269 g/mol. The van der Waals surface area contributed by atoms with Crippen LogP contribution in [0.5, 0.6) is 0 Å². The summed E-state index contributed by atoms with van der Waals surface area (Å²) in [7, 11) is -3.11. The molecule has 0 aliphatic rings. The number of hydrogen-bond acceptors (Lipinski definition) is 3. The normalized spacial score (nSPS) is 16.3. The molecule has 102 valence electrons. The summed E-state index contributed by atoms with van der Waals surface area (Å²) in [5.74, 6) is 0. The van der Waals surface area contributed by atoms with E-state index in [9.17, 15) is 8.42 Å². The van der Waals surface area contributed by atoms with Gasteiger partial charge in [0.2, 0.25) is 0 Å². The van der Waals surface area contributed by atoms with Crippen LogP contribution >= 0.6 is 0 Å². The number of sulfone groups is 1. The fourth-order valence-corrected chi connectivity index (χ4v) is 2.43. The van der Waals surface area contributed by atoms with Gasteiger partial charge in [-0.1, -0.05) is 45.0 Å². The molecule has 0 bridgehead atoms. The van der Waals surface area contributed by atoms with Crippen molar-refractivity contribution in [3.63, 3.8) is 0 Å². The maximum Gasteiger partial charge on any atom is 0.151 e. The lowest BCUT2D eigenvalue weighted by Gasteiger charge is -2.22. The van der Waals surface area contributed by atoms with E-state index in [1.165, 1.54) is 11.8 Å². The number of hydrogen-bond donors (Lipinski definition) is 1. The van der Waals surface area contributed by atoms with Gasteiger partial charge in [0, 0.05) is 12.3 Å². The molecule has 3 nitrogen and oxygen atoms in total. The lowest BCUT2D eigenvalue weighted by Crippen LogP contribution is -2.30. The van der Waals surface area contributed by atoms with E-state index in [0.29, 0.717) is 0 Å². The first-order valence-corrected chi connectivity index (χ1v) is 8.04. The Kier molecular flexibility index (Phi) is 4.23. The molecule has 4 heteroatoms. The topological polar surface area (TPSA) is 60.2 Å². The molecule has 1 aromatic rings. The van der Waals surface area contributed by atoms with E-state index in [1.54, 1.807) is 6.92 Å². The molecule has 0 amide bonds. The molecule has 1 aromatic carbocycles. The minimum atomic E-state index is -3.11. The molecule has 18 heavy (non-hydrogen) atoms. The Morgan fingerprint density at radius 1 is 1.11 bits per heavy atom. The Labute approximate surface area is 110 Å². The van der Waals surface area contributed by atoms with Crippen LogP contribution in [0.4, 0.5) is 0 Å². The smallest absolute Gasteiger partial charge is 0.151 e. The Hall–Kier alpha value is -0.870. The minimum absolute atomic E-state index is 0.0884. The Balaban J connectivity index is 3.00. The molecule has 2 unspecified atom stereocenters. The quantitative estimate of drug-likeness (QED) is 0.916. The molecule has 2 N–H and O–H groups in total. The summed E-state index contributed by atoms with van der Waals surface area (Å²) >= 11 is 0. The van der Waals surface area contributed by atoms with E-state index in [4.69, 9.17) is 5.73 Å². The molecule has 0 aromatic heterocycles. The second kappa shape index (κ2) is 5.02. The van der Waals surface area contributed by atoms with Crippen molar-refractivity contribution in [1.82, 2.24) is 0 Å². The SMILES string of the molecule is CC(C(N)c1ccc(C(C)(C)C)cc1)S(C)(=O)=O. The summed E-state index contributed by atoms with van der Waals surface area (Å²) in [5, 5.41) is -0.571. The second-order valence-corrected chi connectivity index (χ2v) is 8.34. The zero-order chi connectivity index (χ0) is 14.1. The Morgan fingerprint density at radius 3 is 1.89 bits per heavy atom. The average Bonchev–Trinajstić information content (AvgIpc) is 2.25. The summed E-state index contributed by atoms with van der Waals surface area (Å²) in [4.78, 5) is 0. The Morgan fingerprint density at radius 2 is 1.56 bits per heavy atom. The van der Waals surface area contributed by atoms with Crippen LogP contribution < -0.4 is 5.73 Å². The van der Waals surface area contributed by atoms with E-state index in [1.807, 2.05) is 24.3 Å². The highest BCUT2D eigenvalue weighted by molar-refractivity contribution is 7.91. The summed E-state index contributed by atoms with van der Waals surface area (Å²) in [6.45, 7) is 8.07. The molecule has 0 spiro atoms. The van der Waals surface area contributed by atoms with E-state index >= 15 is 0 Å². The van der Waals surface area contributed by atoms with Crippen LogP contribution in [0.25, 0.3) is 0 Å². The highest BCUT2D eigenvalue weighted by Gasteiger charge is 2.24. The molecule has 0 radical (unpaired) electrons. The molecule has 0 fully saturated rings. The van der Waals surface area contributed by atoms with E-state index < -0.39 is 21.1 Å². The van der Waals surface area contributed by atoms with Crippen LogP contribution in [0.2, 0.25) is 0 Å². The van der Waals surface area contributed by atoms with Gasteiger partial charge >= 0.3 is 0 Å². The van der Waals surface area contributed by atoms with Crippen LogP contribution in [-0.4, -0.2) is 19.9 Å². The van der Waals surface area contributed by atoms with Crippen LogP contribution in [0.1, 0.15) is 44.9 Å². The predicted octanol–water partition coefficient (Wildman–Crippen LogP) is 2.42. The van der Waals surface area contributed by atoms with E-state index in [2.05, 4.69) is 20.8 Å². The first-order chi connectivity index (χ1) is 8.03. The number of benzene rings is 1. The van der Waals surface area contributed by atoms with Gasteiger partial charge < -0.3 is 5.73 Å². The zero-order valence-corrected chi connectivity index (χ0v) is 12.6. The van der Waals surface area contributed by atoms with Crippen molar-refractivity contribution in [2.24, 2.45) is 5.73 Å². The Bertz CT molecular complexity index is 498. The van der Waals surface area contributed by atoms with Crippen molar-refractivity contribution in [2.45, 2.75) is 44.4 Å².